The average molecular weight is 339 g/mol. The molecule has 0 spiro atoms. The molecular formula is C20H22FN3O. The van der Waals surface area contributed by atoms with Crippen LogP contribution in [0.25, 0.3) is 0 Å². The van der Waals surface area contributed by atoms with Crippen molar-refractivity contribution in [2.45, 2.75) is 32.1 Å². The van der Waals surface area contributed by atoms with Gasteiger partial charge in [0.15, 0.2) is 0 Å². The van der Waals surface area contributed by atoms with Crippen LogP contribution in [0.15, 0.2) is 54.2 Å². The molecule has 0 bridgehead atoms. The van der Waals surface area contributed by atoms with E-state index in [0.29, 0.717) is 11.3 Å². The smallest absolute Gasteiger partial charge is 0.255 e. The van der Waals surface area contributed by atoms with Gasteiger partial charge in [-0.15, -0.1) is 0 Å². The maximum atomic E-state index is 12.9. The van der Waals surface area contributed by atoms with Gasteiger partial charge >= 0.3 is 0 Å². The summed E-state index contributed by atoms with van der Waals surface area (Å²) in [6.45, 7) is 0.861. The molecule has 0 unspecified atom stereocenters. The van der Waals surface area contributed by atoms with E-state index in [2.05, 4.69) is 21.7 Å². The third-order valence-electron chi connectivity index (χ3n) is 4.27. The lowest BCUT2D eigenvalue weighted by atomic mass is 9.97. The first kappa shape index (κ1) is 17.1. The predicted molar refractivity (Wildman–Crippen MR) is 98.2 cm³/mol. The summed E-state index contributed by atoms with van der Waals surface area (Å²) >= 11 is 0. The van der Waals surface area contributed by atoms with Gasteiger partial charge in [0.25, 0.3) is 5.91 Å². The first-order chi connectivity index (χ1) is 12.2. The molecule has 4 nitrogen and oxygen atoms in total. The first-order valence-corrected chi connectivity index (χ1v) is 8.65. The van der Waals surface area contributed by atoms with E-state index < -0.39 is 0 Å². The van der Waals surface area contributed by atoms with Crippen LogP contribution in [0.4, 0.5) is 15.9 Å². The van der Waals surface area contributed by atoms with E-state index in [1.54, 1.807) is 12.3 Å². The topological polar surface area (TPSA) is 54.0 Å². The number of hydrogen-bond donors (Lipinski definition) is 2. The van der Waals surface area contributed by atoms with E-state index in [9.17, 15) is 9.18 Å². The fourth-order valence-electron chi connectivity index (χ4n) is 2.86. The SMILES string of the molecule is O=C(Nc1ccc(NCCC2=CCCCC2)nc1)c1ccc(F)cc1. The van der Waals surface area contributed by atoms with Crippen LogP contribution in [0, 0.1) is 5.82 Å². The maximum absolute atomic E-state index is 12.9. The van der Waals surface area contributed by atoms with Gasteiger partial charge in [-0.1, -0.05) is 11.6 Å². The molecular weight excluding hydrogens is 317 g/mol. The molecule has 0 saturated carbocycles. The summed E-state index contributed by atoms with van der Waals surface area (Å²) in [6, 6.07) is 9.08. The number of rotatable bonds is 6. The van der Waals surface area contributed by atoms with E-state index in [1.165, 1.54) is 55.5 Å². The lowest BCUT2D eigenvalue weighted by Crippen LogP contribution is -2.12. The second-order valence-electron chi connectivity index (χ2n) is 6.18. The Kier molecular flexibility index (Phi) is 5.77. The lowest BCUT2D eigenvalue weighted by Gasteiger charge is -2.13. The molecule has 1 aromatic heterocycles. The summed E-state index contributed by atoms with van der Waals surface area (Å²) in [6.07, 6.45) is 10.0. The Morgan fingerprint density at radius 3 is 2.64 bits per heavy atom. The van der Waals surface area contributed by atoms with Crippen molar-refractivity contribution in [1.29, 1.82) is 0 Å². The molecule has 5 heteroatoms. The van der Waals surface area contributed by atoms with Gasteiger partial charge in [-0.25, -0.2) is 9.37 Å². The van der Waals surface area contributed by atoms with Gasteiger partial charge in [0.2, 0.25) is 0 Å². The van der Waals surface area contributed by atoms with Crippen molar-refractivity contribution in [3.05, 3.63) is 65.6 Å². The lowest BCUT2D eigenvalue weighted by molar-refractivity contribution is 0.102. The number of aromatic nitrogens is 1. The molecule has 1 heterocycles. The zero-order valence-electron chi connectivity index (χ0n) is 14.1. The Bertz CT molecular complexity index is 739. The highest BCUT2D eigenvalue weighted by molar-refractivity contribution is 6.04. The number of pyridine rings is 1. The van der Waals surface area contributed by atoms with Gasteiger partial charge in [0.1, 0.15) is 11.6 Å². The van der Waals surface area contributed by atoms with Crippen LogP contribution in [-0.2, 0) is 0 Å². The number of amides is 1. The minimum absolute atomic E-state index is 0.285. The second kappa shape index (κ2) is 8.42. The Balaban J connectivity index is 1.49. The Labute approximate surface area is 147 Å². The van der Waals surface area contributed by atoms with Gasteiger partial charge in [-0.05, 0) is 68.5 Å². The number of nitrogens with one attached hydrogen (secondary N) is 2. The van der Waals surface area contributed by atoms with Crippen molar-refractivity contribution < 1.29 is 9.18 Å². The standard InChI is InChI=1S/C20H22FN3O/c21-17-8-6-16(7-9-17)20(25)24-18-10-11-19(23-14-18)22-13-12-15-4-2-1-3-5-15/h4,6-11,14H,1-3,5,12-13H2,(H,22,23)(H,24,25). The Hall–Kier alpha value is -2.69. The minimum Gasteiger partial charge on any atom is -0.370 e. The molecule has 0 radical (unpaired) electrons. The second-order valence-corrected chi connectivity index (χ2v) is 6.18. The van der Waals surface area contributed by atoms with Crippen molar-refractivity contribution in [1.82, 2.24) is 4.98 Å². The summed E-state index contributed by atoms with van der Waals surface area (Å²) in [5.74, 6) is 0.139. The summed E-state index contributed by atoms with van der Waals surface area (Å²) in [4.78, 5) is 16.4. The highest BCUT2D eigenvalue weighted by Gasteiger charge is 2.07. The van der Waals surface area contributed by atoms with Crippen LogP contribution in [-0.4, -0.2) is 17.4 Å². The van der Waals surface area contributed by atoms with E-state index in [0.717, 1.165) is 18.8 Å². The summed E-state index contributed by atoms with van der Waals surface area (Å²) < 4.78 is 12.9. The molecule has 2 N–H and O–H groups in total. The van der Waals surface area contributed by atoms with Crippen molar-refractivity contribution in [3.8, 4) is 0 Å². The number of allylic oxidation sites excluding steroid dienone is 1. The summed E-state index contributed by atoms with van der Waals surface area (Å²) in [5, 5.41) is 6.06. The third kappa shape index (κ3) is 5.14. The summed E-state index contributed by atoms with van der Waals surface area (Å²) in [5.41, 5.74) is 2.54. The van der Waals surface area contributed by atoms with Crippen molar-refractivity contribution in [2.24, 2.45) is 0 Å². The van der Waals surface area contributed by atoms with E-state index >= 15 is 0 Å². The first-order valence-electron chi connectivity index (χ1n) is 8.65. The van der Waals surface area contributed by atoms with Crippen LogP contribution in [0.2, 0.25) is 0 Å². The maximum Gasteiger partial charge on any atom is 0.255 e. The van der Waals surface area contributed by atoms with Crippen molar-refractivity contribution in [3.63, 3.8) is 0 Å². The number of carbonyl (C=O) groups excluding carboxylic acids is 1. The number of benzene rings is 1. The molecule has 130 valence electrons. The van der Waals surface area contributed by atoms with E-state index in [1.807, 2.05) is 6.07 Å². The highest BCUT2D eigenvalue weighted by Crippen LogP contribution is 2.20. The number of nitrogens with zero attached hydrogens (tertiary/aromatic N) is 1. The van der Waals surface area contributed by atoms with Gasteiger partial charge < -0.3 is 10.6 Å². The number of halogens is 1. The van der Waals surface area contributed by atoms with Crippen LogP contribution in [0.5, 0.6) is 0 Å². The zero-order valence-corrected chi connectivity index (χ0v) is 14.1. The van der Waals surface area contributed by atoms with Crippen molar-refractivity contribution in [2.75, 3.05) is 17.2 Å². The van der Waals surface area contributed by atoms with Gasteiger partial charge in [0.05, 0.1) is 11.9 Å². The predicted octanol–water partition coefficient (Wildman–Crippen LogP) is 4.78. The number of carbonyl (C=O) groups is 1. The third-order valence-corrected chi connectivity index (χ3v) is 4.27. The normalized spacial score (nSPS) is 13.9. The summed E-state index contributed by atoms with van der Waals surface area (Å²) in [7, 11) is 0. The molecule has 25 heavy (non-hydrogen) atoms. The van der Waals surface area contributed by atoms with Crippen LogP contribution >= 0.6 is 0 Å². The molecule has 0 aliphatic heterocycles. The molecule has 0 fully saturated rings. The van der Waals surface area contributed by atoms with E-state index in [4.69, 9.17) is 0 Å². The van der Waals surface area contributed by atoms with Crippen LogP contribution in [0.3, 0.4) is 0 Å². The monoisotopic (exact) mass is 339 g/mol. The number of hydrogen-bond acceptors (Lipinski definition) is 3. The van der Waals surface area contributed by atoms with Gasteiger partial charge in [-0.2, -0.15) is 0 Å². The highest BCUT2D eigenvalue weighted by atomic mass is 19.1. The minimum atomic E-state index is -0.363. The molecule has 0 saturated heterocycles. The zero-order chi connectivity index (χ0) is 17.5. The van der Waals surface area contributed by atoms with Crippen LogP contribution in [0.1, 0.15) is 42.5 Å². The molecule has 1 aliphatic carbocycles. The molecule has 1 aromatic carbocycles. The fourth-order valence-corrected chi connectivity index (χ4v) is 2.86. The van der Waals surface area contributed by atoms with Gasteiger partial charge in [-0.3, -0.25) is 4.79 Å². The molecule has 3 rings (SSSR count). The molecule has 2 aromatic rings. The molecule has 1 aliphatic rings. The molecule has 1 amide bonds. The van der Waals surface area contributed by atoms with Gasteiger partial charge in [0, 0.05) is 12.1 Å². The number of anilines is 2. The van der Waals surface area contributed by atoms with Crippen molar-refractivity contribution >= 4 is 17.4 Å². The van der Waals surface area contributed by atoms with E-state index in [-0.39, 0.29) is 11.7 Å². The quantitative estimate of drug-likeness (QED) is 0.745. The average Bonchev–Trinajstić information content (AvgIpc) is 2.64. The Morgan fingerprint density at radius 1 is 1.12 bits per heavy atom. The fraction of sp³-hybridized carbons (Fsp3) is 0.300. The largest absolute Gasteiger partial charge is 0.370 e. The Morgan fingerprint density at radius 2 is 1.96 bits per heavy atom. The molecule has 0 atom stereocenters. The van der Waals surface area contributed by atoms with Crippen LogP contribution < -0.4 is 10.6 Å².